The molecular weight excluding hydrogens is 222 g/mol. The molecule has 1 amide bonds. The van der Waals surface area contributed by atoms with Crippen LogP contribution in [0.15, 0.2) is 24.3 Å². The first-order chi connectivity index (χ1) is 8.47. The van der Waals surface area contributed by atoms with Crippen molar-refractivity contribution >= 4 is 5.91 Å². The van der Waals surface area contributed by atoms with E-state index in [9.17, 15) is 4.79 Å². The largest absolute Gasteiger partial charge is 0.342 e. The Labute approximate surface area is 109 Å². The first-order valence-corrected chi connectivity index (χ1v) is 6.84. The van der Waals surface area contributed by atoms with E-state index in [1.807, 2.05) is 4.90 Å². The van der Waals surface area contributed by atoms with Crippen LogP contribution >= 0.6 is 0 Å². The van der Waals surface area contributed by atoms with Crippen molar-refractivity contribution in [1.82, 2.24) is 4.90 Å². The van der Waals surface area contributed by atoms with Crippen LogP contribution in [0.1, 0.15) is 37.8 Å². The summed E-state index contributed by atoms with van der Waals surface area (Å²) in [7, 11) is 0. The van der Waals surface area contributed by atoms with E-state index in [0.717, 1.165) is 25.9 Å². The van der Waals surface area contributed by atoms with Crippen molar-refractivity contribution in [3.63, 3.8) is 0 Å². The minimum absolute atomic E-state index is 0.106. The number of carbonyl (C=O) groups excluding carboxylic acids is 1. The van der Waals surface area contributed by atoms with Crippen molar-refractivity contribution in [2.45, 2.75) is 39.0 Å². The maximum atomic E-state index is 12.7. The Balaban J connectivity index is 1.98. The van der Waals surface area contributed by atoms with E-state index < -0.39 is 0 Å². The number of aryl methyl sites for hydroxylation is 1. The molecule has 1 saturated heterocycles. The maximum Gasteiger partial charge on any atom is 0.233 e. The first-order valence-electron chi connectivity index (χ1n) is 6.84. The molecule has 0 spiro atoms. The molecule has 2 aliphatic rings. The van der Waals surface area contributed by atoms with Gasteiger partial charge in [0.05, 0.1) is 5.41 Å². The molecule has 1 atom stereocenters. The molecular formula is C16H21NO. The van der Waals surface area contributed by atoms with Gasteiger partial charge >= 0.3 is 0 Å². The summed E-state index contributed by atoms with van der Waals surface area (Å²) in [5.74, 6) is 0.350. The molecule has 96 valence electrons. The van der Waals surface area contributed by atoms with Crippen LogP contribution in [0.5, 0.6) is 0 Å². The van der Waals surface area contributed by atoms with E-state index in [1.54, 1.807) is 0 Å². The van der Waals surface area contributed by atoms with Crippen molar-refractivity contribution in [3.8, 4) is 0 Å². The Morgan fingerprint density at radius 3 is 2.11 bits per heavy atom. The van der Waals surface area contributed by atoms with E-state index >= 15 is 0 Å². The topological polar surface area (TPSA) is 20.3 Å². The van der Waals surface area contributed by atoms with Crippen LogP contribution in [-0.2, 0) is 10.2 Å². The zero-order chi connectivity index (χ0) is 13.0. The number of hydrogen-bond acceptors (Lipinski definition) is 1. The highest BCUT2D eigenvalue weighted by Gasteiger charge is 2.68. The minimum atomic E-state index is -0.249. The van der Waals surface area contributed by atoms with E-state index in [1.165, 1.54) is 11.1 Å². The molecule has 0 radical (unpaired) electrons. The molecule has 2 heteroatoms. The van der Waals surface area contributed by atoms with Gasteiger partial charge in [0, 0.05) is 13.1 Å². The summed E-state index contributed by atoms with van der Waals surface area (Å²) in [4.78, 5) is 14.8. The normalized spacial score (nSPS) is 28.7. The second kappa shape index (κ2) is 3.59. The molecule has 1 aromatic rings. The molecule has 3 rings (SSSR count). The summed E-state index contributed by atoms with van der Waals surface area (Å²) in [6.07, 6.45) is 2.15. The number of rotatable bonds is 2. The van der Waals surface area contributed by atoms with Crippen LogP contribution < -0.4 is 0 Å². The van der Waals surface area contributed by atoms with E-state index in [-0.39, 0.29) is 10.8 Å². The summed E-state index contributed by atoms with van der Waals surface area (Å²) in [5, 5.41) is 0. The number of hydrogen-bond donors (Lipinski definition) is 0. The standard InChI is InChI=1S/C16H21NO/c1-12-5-7-13(8-6-12)16(11-15(16,2)3)14(18)17-9-4-10-17/h5-8H,4,9-11H2,1-3H3/t16-/m0/s1. The lowest BCUT2D eigenvalue weighted by molar-refractivity contribution is -0.138. The number of nitrogens with zero attached hydrogens (tertiary/aromatic N) is 1. The predicted octanol–water partition coefficient (Wildman–Crippen LogP) is 2.90. The average Bonchev–Trinajstić information content (AvgIpc) is 2.81. The maximum absolute atomic E-state index is 12.7. The predicted molar refractivity (Wildman–Crippen MR) is 72.5 cm³/mol. The second-order valence-electron chi connectivity index (χ2n) is 6.48. The molecule has 1 aromatic carbocycles. The van der Waals surface area contributed by atoms with Gasteiger partial charge in [-0.05, 0) is 30.7 Å². The lowest BCUT2D eigenvalue weighted by Crippen LogP contribution is -2.48. The van der Waals surface area contributed by atoms with Crippen LogP contribution in [0.3, 0.4) is 0 Å². The summed E-state index contributed by atoms with van der Waals surface area (Å²) in [6.45, 7) is 8.41. The lowest BCUT2D eigenvalue weighted by atomic mass is 9.85. The van der Waals surface area contributed by atoms with Crippen LogP contribution in [0, 0.1) is 12.3 Å². The molecule has 0 aromatic heterocycles. The van der Waals surface area contributed by atoms with Gasteiger partial charge < -0.3 is 4.90 Å². The zero-order valence-corrected chi connectivity index (χ0v) is 11.5. The van der Waals surface area contributed by atoms with Gasteiger partial charge in [-0.25, -0.2) is 0 Å². The van der Waals surface area contributed by atoms with Crippen molar-refractivity contribution in [2.75, 3.05) is 13.1 Å². The molecule has 18 heavy (non-hydrogen) atoms. The quantitative estimate of drug-likeness (QED) is 0.782. The summed E-state index contributed by atoms with van der Waals surface area (Å²) < 4.78 is 0. The number of benzene rings is 1. The van der Waals surface area contributed by atoms with E-state index in [2.05, 4.69) is 45.0 Å². The molecule has 1 saturated carbocycles. The van der Waals surface area contributed by atoms with Crippen molar-refractivity contribution in [3.05, 3.63) is 35.4 Å². The fourth-order valence-corrected chi connectivity index (χ4v) is 3.23. The third-order valence-electron chi connectivity index (χ3n) is 4.79. The highest BCUT2D eigenvalue weighted by atomic mass is 16.2. The van der Waals surface area contributed by atoms with E-state index in [0.29, 0.717) is 5.91 Å². The summed E-state index contributed by atoms with van der Waals surface area (Å²) >= 11 is 0. The van der Waals surface area contributed by atoms with Crippen LogP contribution in [0.25, 0.3) is 0 Å². The van der Waals surface area contributed by atoms with Gasteiger partial charge in [-0.2, -0.15) is 0 Å². The highest BCUT2D eigenvalue weighted by molar-refractivity contribution is 5.93. The lowest BCUT2D eigenvalue weighted by Gasteiger charge is -2.36. The smallest absolute Gasteiger partial charge is 0.233 e. The minimum Gasteiger partial charge on any atom is -0.342 e. The fourth-order valence-electron chi connectivity index (χ4n) is 3.23. The van der Waals surface area contributed by atoms with Crippen molar-refractivity contribution in [1.29, 1.82) is 0 Å². The molecule has 0 unspecified atom stereocenters. The molecule has 2 fully saturated rings. The van der Waals surface area contributed by atoms with Gasteiger partial charge in [-0.15, -0.1) is 0 Å². The molecule has 0 N–H and O–H groups in total. The average molecular weight is 243 g/mol. The third kappa shape index (κ3) is 1.44. The van der Waals surface area contributed by atoms with Gasteiger partial charge in [0.25, 0.3) is 0 Å². The van der Waals surface area contributed by atoms with Crippen LogP contribution in [-0.4, -0.2) is 23.9 Å². The molecule has 1 aliphatic heterocycles. The monoisotopic (exact) mass is 243 g/mol. The van der Waals surface area contributed by atoms with Crippen molar-refractivity contribution < 1.29 is 4.79 Å². The number of amides is 1. The fraction of sp³-hybridized carbons (Fsp3) is 0.562. The molecule has 2 nitrogen and oxygen atoms in total. The third-order valence-corrected chi connectivity index (χ3v) is 4.79. The van der Waals surface area contributed by atoms with Gasteiger partial charge in [0.15, 0.2) is 0 Å². The highest BCUT2D eigenvalue weighted by Crippen LogP contribution is 2.65. The Bertz CT molecular complexity index is 484. The Morgan fingerprint density at radius 2 is 1.72 bits per heavy atom. The van der Waals surface area contributed by atoms with Gasteiger partial charge in [-0.3, -0.25) is 4.79 Å². The summed E-state index contributed by atoms with van der Waals surface area (Å²) in [5.41, 5.74) is 2.31. The summed E-state index contributed by atoms with van der Waals surface area (Å²) in [6, 6.07) is 8.52. The number of likely N-dealkylation sites (tertiary alicyclic amines) is 1. The first kappa shape index (κ1) is 11.8. The van der Waals surface area contributed by atoms with Gasteiger partial charge in [0.1, 0.15) is 0 Å². The Kier molecular flexibility index (Phi) is 2.35. The van der Waals surface area contributed by atoms with Gasteiger partial charge in [-0.1, -0.05) is 43.7 Å². The van der Waals surface area contributed by atoms with Gasteiger partial charge in [0.2, 0.25) is 5.91 Å². The molecule has 1 aliphatic carbocycles. The Morgan fingerprint density at radius 1 is 1.17 bits per heavy atom. The van der Waals surface area contributed by atoms with Crippen LogP contribution in [0.4, 0.5) is 0 Å². The Hall–Kier alpha value is -1.31. The van der Waals surface area contributed by atoms with Crippen LogP contribution in [0.2, 0.25) is 0 Å². The van der Waals surface area contributed by atoms with E-state index in [4.69, 9.17) is 0 Å². The molecule has 0 bridgehead atoms. The SMILES string of the molecule is Cc1ccc([C@]2(C(=O)N3CCC3)CC2(C)C)cc1. The molecule has 1 heterocycles. The van der Waals surface area contributed by atoms with Crippen molar-refractivity contribution in [2.24, 2.45) is 5.41 Å². The second-order valence-corrected chi connectivity index (χ2v) is 6.48. The number of carbonyl (C=O) groups is 1. The zero-order valence-electron chi connectivity index (χ0n) is 11.5.